The van der Waals surface area contributed by atoms with Crippen LogP contribution in [-0.2, 0) is 9.53 Å². The molecule has 0 aromatic heterocycles. The third kappa shape index (κ3) is 3.04. The first kappa shape index (κ1) is 11.1. The molecule has 0 radical (unpaired) electrons. The van der Waals surface area contributed by atoms with Crippen LogP contribution in [0.4, 0.5) is 0 Å². The fourth-order valence-electron chi connectivity index (χ4n) is 1.13. The van der Waals surface area contributed by atoms with E-state index in [2.05, 4.69) is 0 Å². The SMILES string of the molecule is Cc1ccc(C(C)OC(=O)CCl)cc1. The molecular formula is C11H13ClO2. The maximum absolute atomic E-state index is 10.9. The number of halogens is 1. The highest BCUT2D eigenvalue weighted by Crippen LogP contribution is 2.17. The summed E-state index contributed by atoms with van der Waals surface area (Å²) in [5.41, 5.74) is 2.17. The maximum Gasteiger partial charge on any atom is 0.321 e. The molecule has 0 aliphatic carbocycles. The summed E-state index contributed by atoms with van der Waals surface area (Å²) < 4.78 is 5.05. The molecule has 1 atom stereocenters. The van der Waals surface area contributed by atoms with Crippen molar-refractivity contribution in [1.82, 2.24) is 0 Å². The molecule has 2 nitrogen and oxygen atoms in total. The van der Waals surface area contributed by atoms with Gasteiger partial charge in [-0.15, -0.1) is 11.6 Å². The molecule has 0 heterocycles. The summed E-state index contributed by atoms with van der Waals surface area (Å²) in [5.74, 6) is -0.490. The van der Waals surface area contributed by atoms with Crippen LogP contribution in [-0.4, -0.2) is 11.8 Å². The Hall–Kier alpha value is -1.02. The minimum atomic E-state index is -0.389. The monoisotopic (exact) mass is 212 g/mol. The fraction of sp³-hybridized carbons (Fsp3) is 0.364. The van der Waals surface area contributed by atoms with Crippen LogP contribution in [0.15, 0.2) is 24.3 Å². The Balaban J connectivity index is 2.65. The first-order valence-electron chi connectivity index (χ1n) is 4.45. The average molecular weight is 213 g/mol. The Morgan fingerprint density at radius 1 is 1.43 bits per heavy atom. The standard InChI is InChI=1S/C11H13ClO2/c1-8-3-5-10(6-4-8)9(2)14-11(13)7-12/h3-6,9H,7H2,1-2H3. The summed E-state index contributed by atoms with van der Waals surface area (Å²) >= 11 is 5.33. The zero-order valence-corrected chi connectivity index (χ0v) is 9.04. The largest absolute Gasteiger partial charge is 0.457 e. The van der Waals surface area contributed by atoms with Crippen LogP contribution in [0.2, 0.25) is 0 Å². The normalized spacial score (nSPS) is 12.2. The quantitative estimate of drug-likeness (QED) is 0.569. The predicted molar refractivity (Wildman–Crippen MR) is 56.4 cm³/mol. The van der Waals surface area contributed by atoms with Crippen molar-refractivity contribution in [3.63, 3.8) is 0 Å². The van der Waals surface area contributed by atoms with Crippen molar-refractivity contribution in [3.05, 3.63) is 35.4 Å². The van der Waals surface area contributed by atoms with Crippen LogP contribution in [0.1, 0.15) is 24.2 Å². The highest BCUT2D eigenvalue weighted by molar-refractivity contribution is 6.26. The summed E-state index contributed by atoms with van der Waals surface area (Å²) in [7, 11) is 0. The van der Waals surface area contributed by atoms with Gasteiger partial charge in [0.2, 0.25) is 0 Å². The van der Waals surface area contributed by atoms with Crippen molar-refractivity contribution in [2.75, 3.05) is 5.88 Å². The van der Waals surface area contributed by atoms with Crippen molar-refractivity contribution in [2.45, 2.75) is 20.0 Å². The zero-order chi connectivity index (χ0) is 10.6. The maximum atomic E-state index is 10.9. The number of hydrogen-bond acceptors (Lipinski definition) is 2. The summed E-state index contributed by atoms with van der Waals surface area (Å²) in [5, 5.41) is 0. The number of benzene rings is 1. The second-order valence-electron chi connectivity index (χ2n) is 3.18. The van der Waals surface area contributed by atoms with Gasteiger partial charge in [-0.2, -0.15) is 0 Å². The molecule has 1 aromatic carbocycles. The molecule has 0 fully saturated rings. The van der Waals surface area contributed by atoms with E-state index in [-0.39, 0.29) is 18.0 Å². The highest BCUT2D eigenvalue weighted by atomic mass is 35.5. The lowest BCUT2D eigenvalue weighted by Crippen LogP contribution is -2.09. The van der Waals surface area contributed by atoms with Crippen LogP contribution in [0.5, 0.6) is 0 Å². The number of hydrogen-bond donors (Lipinski definition) is 0. The highest BCUT2D eigenvalue weighted by Gasteiger charge is 2.09. The average Bonchev–Trinajstić information content (AvgIpc) is 2.18. The molecule has 0 saturated carbocycles. The first-order valence-corrected chi connectivity index (χ1v) is 4.99. The van der Waals surface area contributed by atoms with Gasteiger partial charge < -0.3 is 4.74 Å². The van der Waals surface area contributed by atoms with Gasteiger partial charge in [-0.1, -0.05) is 29.8 Å². The van der Waals surface area contributed by atoms with Gasteiger partial charge in [-0.25, -0.2) is 0 Å². The minimum Gasteiger partial charge on any atom is -0.457 e. The van der Waals surface area contributed by atoms with Gasteiger partial charge in [0.25, 0.3) is 0 Å². The van der Waals surface area contributed by atoms with E-state index in [0.717, 1.165) is 5.56 Å². The number of ether oxygens (including phenoxy) is 1. The van der Waals surface area contributed by atoms with E-state index in [1.807, 2.05) is 38.1 Å². The predicted octanol–water partition coefficient (Wildman–Crippen LogP) is 2.84. The van der Waals surface area contributed by atoms with E-state index in [1.54, 1.807) is 0 Å². The Labute approximate surface area is 88.8 Å². The van der Waals surface area contributed by atoms with E-state index in [1.165, 1.54) is 5.56 Å². The fourth-order valence-corrected chi connectivity index (χ4v) is 1.20. The van der Waals surface area contributed by atoms with Crippen LogP contribution < -0.4 is 0 Å². The number of aryl methyl sites for hydroxylation is 1. The summed E-state index contributed by atoms with van der Waals surface area (Å²) in [6.45, 7) is 3.84. The van der Waals surface area contributed by atoms with Gasteiger partial charge in [-0.05, 0) is 19.4 Å². The van der Waals surface area contributed by atoms with Gasteiger partial charge in [0.05, 0.1) is 0 Å². The van der Waals surface area contributed by atoms with Gasteiger partial charge in [0.15, 0.2) is 0 Å². The van der Waals surface area contributed by atoms with Crippen molar-refractivity contribution in [2.24, 2.45) is 0 Å². The minimum absolute atomic E-state index is 0.101. The molecule has 14 heavy (non-hydrogen) atoms. The lowest BCUT2D eigenvalue weighted by molar-refractivity contribution is -0.145. The molecule has 76 valence electrons. The lowest BCUT2D eigenvalue weighted by atomic mass is 10.1. The first-order chi connectivity index (χ1) is 6.63. The second kappa shape index (κ2) is 5.01. The third-order valence-corrected chi connectivity index (χ3v) is 2.18. The molecule has 0 aliphatic rings. The van der Waals surface area contributed by atoms with Gasteiger partial charge >= 0.3 is 5.97 Å². The van der Waals surface area contributed by atoms with Gasteiger partial charge in [0, 0.05) is 0 Å². The van der Waals surface area contributed by atoms with Crippen LogP contribution in [0.25, 0.3) is 0 Å². The number of esters is 1. The molecule has 0 bridgehead atoms. The molecular weight excluding hydrogens is 200 g/mol. The molecule has 0 aliphatic heterocycles. The lowest BCUT2D eigenvalue weighted by Gasteiger charge is -2.12. The zero-order valence-electron chi connectivity index (χ0n) is 8.29. The smallest absolute Gasteiger partial charge is 0.321 e. The number of carbonyl (C=O) groups is 1. The number of alkyl halides is 1. The molecule has 0 amide bonds. The van der Waals surface area contributed by atoms with Crippen LogP contribution >= 0.6 is 11.6 Å². The number of carbonyl (C=O) groups excluding carboxylic acids is 1. The number of rotatable bonds is 3. The Morgan fingerprint density at radius 3 is 2.50 bits per heavy atom. The third-order valence-electron chi connectivity index (χ3n) is 1.96. The molecule has 1 unspecified atom stereocenters. The van der Waals surface area contributed by atoms with Crippen molar-refractivity contribution < 1.29 is 9.53 Å². The Morgan fingerprint density at radius 2 is 2.00 bits per heavy atom. The van der Waals surface area contributed by atoms with E-state index in [9.17, 15) is 4.79 Å². The van der Waals surface area contributed by atoms with E-state index in [4.69, 9.17) is 16.3 Å². The van der Waals surface area contributed by atoms with Gasteiger partial charge in [-0.3, -0.25) is 4.79 Å². The van der Waals surface area contributed by atoms with Crippen molar-refractivity contribution in [1.29, 1.82) is 0 Å². The van der Waals surface area contributed by atoms with Crippen molar-refractivity contribution >= 4 is 17.6 Å². The Bertz CT molecular complexity index is 306. The summed E-state index contributed by atoms with van der Waals surface area (Å²) in [4.78, 5) is 10.9. The van der Waals surface area contributed by atoms with Crippen LogP contribution in [0, 0.1) is 6.92 Å². The Kier molecular flexibility index (Phi) is 3.96. The molecule has 0 spiro atoms. The van der Waals surface area contributed by atoms with Gasteiger partial charge in [0.1, 0.15) is 12.0 Å². The molecule has 1 rings (SSSR count). The van der Waals surface area contributed by atoms with E-state index < -0.39 is 0 Å². The summed E-state index contributed by atoms with van der Waals surface area (Å²) in [6.07, 6.45) is -0.234. The molecule has 0 saturated heterocycles. The molecule has 1 aromatic rings. The molecule has 0 N–H and O–H groups in total. The molecule has 3 heteroatoms. The van der Waals surface area contributed by atoms with Crippen LogP contribution in [0.3, 0.4) is 0 Å². The van der Waals surface area contributed by atoms with E-state index >= 15 is 0 Å². The topological polar surface area (TPSA) is 26.3 Å². The van der Waals surface area contributed by atoms with Crippen molar-refractivity contribution in [3.8, 4) is 0 Å². The van der Waals surface area contributed by atoms with E-state index in [0.29, 0.717) is 0 Å². The summed E-state index contributed by atoms with van der Waals surface area (Å²) in [6, 6.07) is 7.86. The second-order valence-corrected chi connectivity index (χ2v) is 3.44.